The Hall–Kier alpha value is -3.12. The Labute approximate surface area is 152 Å². The predicted molar refractivity (Wildman–Crippen MR) is 99.3 cm³/mol. The summed E-state index contributed by atoms with van der Waals surface area (Å²) in [5.74, 6) is 0.197. The van der Waals surface area contributed by atoms with Gasteiger partial charge in [0, 0.05) is 5.56 Å². The fourth-order valence-electron chi connectivity index (χ4n) is 2.46. The van der Waals surface area contributed by atoms with Crippen LogP contribution in [0.15, 0.2) is 88.7 Å². The Morgan fingerprint density at radius 2 is 1.38 bits per heavy atom. The maximum atomic E-state index is 12.6. The van der Waals surface area contributed by atoms with E-state index in [1.165, 1.54) is 43.5 Å². The van der Waals surface area contributed by atoms with Crippen LogP contribution in [0.5, 0.6) is 5.75 Å². The summed E-state index contributed by atoms with van der Waals surface area (Å²) in [4.78, 5) is 12.7. The van der Waals surface area contributed by atoms with Gasteiger partial charge in [-0.15, -0.1) is 0 Å². The van der Waals surface area contributed by atoms with Gasteiger partial charge < -0.3 is 10.1 Å². The number of carbonyl (C=O) groups excluding carboxylic acids is 1. The summed E-state index contributed by atoms with van der Waals surface area (Å²) in [6, 6.07) is 21.1. The molecule has 0 aromatic heterocycles. The van der Waals surface area contributed by atoms with E-state index in [0.717, 1.165) is 0 Å². The molecule has 0 aliphatic rings. The normalized spacial score (nSPS) is 11.0. The number of anilines is 1. The highest BCUT2D eigenvalue weighted by molar-refractivity contribution is 7.91. The van der Waals surface area contributed by atoms with Gasteiger partial charge in [-0.3, -0.25) is 4.79 Å². The van der Waals surface area contributed by atoms with Crippen molar-refractivity contribution in [1.29, 1.82) is 0 Å². The average Bonchev–Trinajstić information content (AvgIpc) is 2.69. The third-order valence-electron chi connectivity index (χ3n) is 3.84. The molecule has 0 bridgehead atoms. The largest absolute Gasteiger partial charge is 0.495 e. The Kier molecular flexibility index (Phi) is 5.04. The Bertz CT molecular complexity index is 1010. The van der Waals surface area contributed by atoms with Gasteiger partial charge in [-0.05, 0) is 48.5 Å². The van der Waals surface area contributed by atoms with Crippen molar-refractivity contribution in [1.82, 2.24) is 0 Å². The lowest BCUT2D eigenvalue weighted by molar-refractivity contribution is 0.102. The zero-order chi connectivity index (χ0) is 18.6. The van der Waals surface area contributed by atoms with Crippen molar-refractivity contribution in [2.24, 2.45) is 0 Å². The van der Waals surface area contributed by atoms with Crippen molar-refractivity contribution in [3.8, 4) is 5.75 Å². The molecule has 5 nitrogen and oxygen atoms in total. The van der Waals surface area contributed by atoms with Crippen LogP contribution in [0, 0.1) is 0 Å². The van der Waals surface area contributed by atoms with Crippen LogP contribution < -0.4 is 10.1 Å². The van der Waals surface area contributed by atoms with Gasteiger partial charge in [0.2, 0.25) is 9.84 Å². The summed E-state index contributed by atoms with van der Waals surface area (Å²) in [6.07, 6.45) is 0. The number of rotatable bonds is 5. The predicted octanol–water partition coefficient (Wildman–Crippen LogP) is 3.78. The lowest BCUT2D eigenvalue weighted by Crippen LogP contribution is -2.13. The number of hydrogen-bond donors (Lipinski definition) is 1. The summed E-state index contributed by atoms with van der Waals surface area (Å²) >= 11 is 0. The van der Waals surface area contributed by atoms with Crippen molar-refractivity contribution in [2.75, 3.05) is 12.4 Å². The summed E-state index contributed by atoms with van der Waals surface area (Å²) in [6.45, 7) is 0. The molecular weight excluding hydrogens is 350 g/mol. The molecule has 0 unspecified atom stereocenters. The maximum absolute atomic E-state index is 12.6. The van der Waals surface area contributed by atoms with Gasteiger partial charge in [-0.1, -0.05) is 30.3 Å². The molecule has 0 spiro atoms. The van der Waals surface area contributed by atoms with Gasteiger partial charge in [-0.2, -0.15) is 0 Å². The molecule has 0 saturated carbocycles. The minimum Gasteiger partial charge on any atom is -0.495 e. The molecule has 0 heterocycles. The van der Waals surface area contributed by atoms with Gasteiger partial charge in [0.15, 0.2) is 0 Å². The molecular formula is C20H17NO4S. The van der Waals surface area contributed by atoms with E-state index in [1.54, 1.807) is 42.5 Å². The first-order valence-electron chi connectivity index (χ1n) is 7.87. The van der Waals surface area contributed by atoms with Crippen molar-refractivity contribution in [3.05, 3.63) is 84.4 Å². The zero-order valence-corrected chi connectivity index (χ0v) is 14.9. The summed E-state index contributed by atoms with van der Waals surface area (Å²) < 4.78 is 30.3. The van der Waals surface area contributed by atoms with E-state index in [1.807, 2.05) is 0 Å². The highest BCUT2D eigenvalue weighted by Gasteiger charge is 2.18. The Balaban J connectivity index is 1.82. The summed E-state index contributed by atoms with van der Waals surface area (Å²) in [7, 11) is -2.08. The summed E-state index contributed by atoms with van der Waals surface area (Å²) in [5.41, 5.74) is 0.893. The molecule has 6 heteroatoms. The van der Waals surface area contributed by atoms with Gasteiger partial charge in [0.05, 0.1) is 22.6 Å². The average molecular weight is 367 g/mol. The molecule has 1 amide bonds. The minimum atomic E-state index is -3.60. The fourth-order valence-corrected chi connectivity index (χ4v) is 3.75. The second-order valence-corrected chi connectivity index (χ2v) is 7.44. The van der Waals surface area contributed by atoms with E-state index in [4.69, 9.17) is 4.74 Å². The molecule has 3 aromatic carbocycles. The molecule has 0 aliphatic heterocycles. The van der Waals surface area contributed by atoms with Crippen molar-refractivity contribution < 1.29 is 17.9 Å². The third-order valence-corrected chi connectivity index (χ3v) is 5.62. The van der Waals surface area contributed by atoms with Crippen LogP contribution in [0.3, 0.4) is 0 Å². The van der Waals surface area contributed by atoms with Crippen molar-refractivity contribution >= 4 is 21.4 Å². The second-order valence-electron chi connectivity index (χ2n) is 5.50. The van der Waals surface area contributed by atoms with E-state index >= 15 is 0 Å². The molecule has 0 fully saturated rings. The molecule has 1 N–H and O–H groups in total. The maximum Gasteiger partial charge on any atom is 0.255 e. The molecule has 132 valence electrons. The van der Waals surface area contributed by atoms with Crippen LogP contribution in [-0.2, 0) is 9.84 Å². The Morgan fingerprint density at radius 3 is 2.04 bits per heavy atom. The van der Waals surface area contributed by atoms with Crippen LogP contribution in [0.1, 0.15) is 10.4 Å². The number of ether oxygens (including phenoxy) is 1. The van der Waals surface area contributed by atoms with Crippen LogP contribution in [-0.4, -0.2) is 21.4 Å². The lowest BCUT2D eigenvalue weighted by Gasteiger charge is -2.10. The van der Waals surface area contributed by atoms with Crippen LogP contribution in [0.4, 0.5) is 5.69 Å². The zero-order valence-electron chi connectivity index (χ0n) is 14.0. The quantitative estimate of drug-likeness (QED) is 0.745. The molecule has 0 aliphatic carbocycles. The minimum absolute atomic E-state index is 0.137. The van der Waals surface area contributed by atoms with Crippen molar-refractivity contribution in [2.45, 2.75) is 9.79 Å². The highest BCUT2D eigenvalue weighted by atomic mass is 32.2. The third kappa shape index (κ3) is 3.60. The molecule has 3 aromatic rings. The van der Waals surface area contributed by atoms with Crippen molar-refractivity contribution in [3.63, 3.8) is 0 Å². The highest BCUT2D eigenvalue weighted by Crippen LogP contribution is 2.24. The summed E-state index contributed by atoms with van der Waals surface area (Å²) in [5, 5.41) is 2.75. The number of para-hydroxylation sites is 2. The number of amides is 1. The van der Waals surface area contributed by atoms with E-state index in [9.17, 15) is 13.2 Å². The van der Waals surface area contributed by atoms with Crippen LogP contribution in [0.2, 0.25) is 0 Å². The van der Waals surface area contributed by atoms with Gasteiger partial charge >= 0.3 is 0 Å². The first kappa shape index (κ1) is 17.7. The smallest absolute Gasteiger partial charge is 0.255 e. The van der Waals surface area contributed by atoms with Gasteiger partial charge in [-0.25, -0.2) is 8.42 Å². The standard InChI is InChI=1S/C20H17NO4S/c1-25-19-10-6-5-9-18(19)21-20(22)15-11-13-17(14-12-15)26(23,24)16-7-3-2-4-8-16/h2-14H,1H3,(H,21,22). The number of sulfone groups is 1. The number of hydrogen-bond acceptors (Lipinski definition) is 4. The van der Waals surface area contributed by atoms with Crippen LogP contribution >= 0.6 is 0 Å². The topological polar surface area (TPSA) is 72.5 Å². The molecule has 0 atom stereocenters. The van der Waals surface area contributed by atoms with E-state index in [-0.39, 0.29) is 15.7 Å². The molecule has 26 heavy (non-hydrogen) atoms. The SMILES string of the molecule is COc1ccccc1NC(=O)c1ccc(S(=O)(=O)c2ccccc2)cc1. The van der Waals surface area contributed by atoms with E-state index in [0.29, 0.717) is 17.0 Å². The van der Waals surface area contributed by atoms with Crippen LogP contribution in [0.25, 0.3) is 0 Å². The van der Waals surface area contributed by atoms with Gasteiger partial charge in [0.25, 0.3) is 5.91 Å². The fraction of sp³-hybridized carbons (Fsp3) is 0.0500. The monoisotopic (exact) mass is 367 g/mol. The lowest BCUT2D eigenvalue weighted by atomic mass is 10.2. The first-order valence-corrected chi connectivity index (χ1v) is 9.35. The molecule has 3 rings (SSSR count). The Morgan fingerprint density at radius 1 is 0.808 bits per heavy atom. The number of methoxy groups -OCH3 is 1. The first-order chi connectivity index (χ1) is 12.5. The molecule has 0 saturated heterocycles. The number of carbonyl (C=O) groups is 1. The second kappa shape index (κ2) is 7.41. The molecule has 0 radical (unpaired) electrons. The van der Waals surface area contributed by atoms with E-state index in [2.05, 4.69) is 5.32 Å². The van der Waals surface area contributed by atoms with Gasteiger partial charge in [0.1, 0.15) is 5.75 Å². The number of benzene rings is 3. The number of nitrogens with one attached hydrogen (secondary N) is 1. The van der Waals surface area contributed by atoms with E-state index < -0.39 is 9.84 Å².